The Morgan fingerprint density at radius 2 is 1.82 bits per heavy atom. The highest BCUT2D eigenvalue weighted by molar-refractivity contribution is 6.45. The van der Waals surface area contributed by atoms with E-state index in [0.29, 0.717) is 5.56 Å². The average Bonchev–Trinajstić information content (AvgIpc) is 2.42. The number of esters is 1. The lowest BCUT2D eigenvalue weighted by molar-refractivity contribution is -0.134. The monoisotopic (exact) mass is 301 g/mol. The Hall–Kier alpha value is -2.61. The normalized spacial score (nSPS) is 11.2. The van der Waals surface area contributed by atoms with Gasteiger partial charge in [-0.05, 0) is 45.7 Å². The fourth-order valence-corrected chi connectivity index (χ4v) is 1.35. The highest BCUT2D eigenvalue weighted by Crippen LogP contribution is 2.08. The van der Waals surface area contributed by atoms with Gasteiger partial charge >= 0.3 is 12.1 Å². The molecule has 0 unspecified atom stereocenters. The molecular weight excluding hydrogens is 282 g/mol. The van der Waals surface area contributed by atoms with Gasteiger partial charge in [-0.2, -0.15) is 4.99 Å². The van der Waals surface area contributed by atoms with Crippen LogP contribution in [0.5, 0.6) is 0 Å². The van der Waals surface area contributed by atoms with Crippen molar-refractivity contribution in [3.63, 3.8) is 0 Å². The van der Waals surface area contributed by atoms with E-state index in [9.17, 15) is 9.59 Å². The quantitative estimate of drug-likeness (QED) is 0.478. The topological polar surface area (TPSA) is 65.0 Å². The third-order valence-corrected chi connectivity index (χ3v) is 2.16. The summed E-state index contributed by atoms with van der Waals surface area (Å²) in [5, 5.41) is 0. The van der Waals surface area contributed by atoms with Crippen LogP contribution in [0.15, 0.2) is 35.3 Å². The number of hydrogen-bond acceptors (Lipinski definition) is 4. The van der Waals surface area contributed by atoms with Crippen LogP contribution in [-0.4, -0.2) is 30.0 Å². The van der Waals surface area contributed by atoms with Crippen molar-refractivity contribution in [1.29, 1.82) is 0 Å². The predicted molar refractivity (Wildman–Crippen MR) is 83.6 cm³/mol. The molecule has 0 aliphatic rings. The molecule has 5 nitrogen and oxygen atoms in total. The summed E-state index contributed by atoms with van der Waals surface area (Å²) < 4.78 is 9.89. The Bertz CT molecular complexity index is 616. The summed E-state index contributed by atoms with van der Waals surface area (Å²) >= 11 is 0. The van der Waals surface area contributed by atoms with Gasteiger partial charge in [-0.15, -0.1) is 0 Å². The minimum absolute atomic E-state index is 0.166. The number of amides is 1. The number of nitrogens with zero attached hydrogens (tertiary/aromatic N) is 1. The molecule has 0 heterocycles. The maximum Gasteiger partial charge on any atom is 0.435 e. The van der Waals surface area contributed by atoms with Gasteiger partial charge in [-0.3, -0.25) is 0 Å². The Labute approximate surface area is 130 Å². The second-order valence-electron chi connectivity index (χ2n) is 5.28. The number of carbonyl (C=O) groups excluding carboxylic acids is 2. The first kappa shape index (κ1) is 17.4. The smallest absolute Gasteiger partial charge is 0.435 e. The first-order valence-electron chi connectivity index (χ1n) is 6.87. The molecule has 1 aromatic rings. The van der Waals surface area contributed by atoms with Gasteiger partial charge in [0.05, 0.1) is 6.61 Å². The van der Waals surface area contributed by atoms with E-state index in [1.807, 2.05) is 18.2 Å². The van der Waals surface area contributed by atoms with Crippen LogP contribution in [0, 0.1) is 11.8 Å². The molecule has 0 fully saturated rings. The fraction of sp³-hybridized carbons (Fsp3) is 0.353. The number of aliphatic imine (C=N–C) groups is 1. The van der Waals surface area contributed by atoms with Crippen molar-refractivity contribution in [2.75, 3.05) is 6.61 Å². The van der Waals surface area contributed by atoms with Gasteiger partial charge < -0.3 is 9.47 Å². The van der Waals surface area contributed by atoms with Crippen LogP contribution in [0.3, 0.4) is 0 Å². The molecule has 1 rings (SSSR count). The van der Waals surface area contributed by atoms with Crippen molar-refractivity contribution in [1.82, 2.24) is 0 Å². The van der Waals surface area contributed by atoms with Crippen LogP contribution < -0.4 is 0 Å². The maximum absolute atomic E-state index is 11.8. The van der Waals surface area contributed by atoms with Gasteiger partial charge in [0.15, 0.2) is 0 Å². The van der Waals surface area contributed by atoms with Gasteiger partial charge in [0.1, 0.15) is 5.60 Å². The Kier molecular flexibility index (Phi) is 6.33. The summed E-state index contributed by atoms with van der Waals surface area (Å²) in [6.07, 6.45) is -0.877. The maximum atomic E-state index is 11.8. The van der Waals surface area contributed by atoms with E-state index in [4.69, 9.17) is 9.47 Å². The average molecular weight is 301 g/mol. The van der Waals surface area contributed by atoms with Crippen LogP contribution in [0.2, 0.25) is 0 Å². The minimum Gasteiger partial charge on any atom is -0.461 e. The SMILES string of the molecule is CCOC(=O)/C(C#Cc1ccccc1)=N\C(=O)OC(C)(C)C. The third-order valence-electron chi connectivity index (χ3n) is 2.16. The molecule has 0 atom stereocenters. The minimum atomic E-state index is -0.877. The summed E-state index contributed by atoms with van der Waals surface area (Å²) in [5.41, 5.74) is -0.281. The van der Waals surface area contributed by atoms with Crippen LogP contribution >= 0.6 is 0 Å². The molecule has 0 saturated carbocycles. The van der Waals surface area contributed by atoms with Gasteiger partial charge in [-0.1, -0.05) is 24.1 Å². The third kappa shape index (κ3) is 6.71. The molecule has 0 saturated heterocycles. The molecule has 1 aromatic carbocycles. The summed E-state index contributed by atoms with van der Waals surface area (Å²) in [6, 6.07) is 9.05. The Morgan fingerprint density at radius 1 is 1.18 bits per heavy atom. The summed E-state index contributed by atoms with van der Waals surface area (Å²) in [4.78, 5) is 27.1. The summed E-state index contributed by atoms with van der Waals surface area (Å²) in [7, 11) is 0. The van der Waals surface area contributed by atoms with Crippen LogP contribution in [-0.2, 0) is 14.3 Å². The molecule has 5 heteroatoms. The van der Waals surface area contributed by atoms with Crippen molar-refractivity contribution in [2.24, 2.45) is 4.99 Å². The number of carbonyl (C=O) groups is 2. The standard InChI is InChI=1S/C17H19NO4/c1-5-21-15(19)14(18-16(20)22-17(2,3)4)12-11-13-9-7-6-8-10-13/h6-10H,5H2,1-4H3/b18-14-. The molecule has 22 heavy (non-hydrogen) atoms. The van der Waals surface area contributed by atoms with E-state index in [2.05, 4.69) is 16.8 Å². The molecule has 0 N–H and O–H groups in total. The van der Waals surface area contributed by atoms with Gasteiger partial charge in [0.25, 0.3) is 0 Å². The molecule has 0 radical (unpaired) electrons. The lowest BCUT2D eigenvalue weighted by Gasteiger charge is -2.17. The summed E-state index contributed by atoms with van der Waals surface area (Å²) in [5.74, 6) is 4.57. The molecule has 0 aliphatic carbocycles. The van der Waals surface area contributed by atoms with Crippen molar-refractivity contribution in [3.05, 3.63) is 35.9 Å². The second-order valence-corrected chi connectivity index (χ2v) is 5.28. The fourth-order valence-electron chi connectivity index (χ4n) is 1.35. The van der Waals surface area contributed by atoms with E-state index in [0.717, 1.165) is 0 Å². The van der Waals surface area contributed by atoms with E-state index in [-0.39, 0.29) is 12.3 Å². The van der Waals surface area contributed by atoms with Gasteiger partial charge in [0.2, 0.25) is 5.71 Å². The zero-order chi connectivity index (χ0) is 16.6. The molecular formula is C17H19NO4. The van der Waals surface area contributed by atoms with Gasteiger partial charge in [-0.25, -0.2) is 9.59 Å². The zero-order valence-electron chi connectivity index (χ0n) is 13.2. The van der Waals surface area contributed by atoms with Crippen molar-refractivity contribution in [3.8, 4) is 11.8 Å². The van der Waals surface area contributed by atoms with E-state index >= 15 is 0 Å². The molecule has 116 valence electrons. The lowest BCUT2D eigenvalue weighted by atomic mass is 10.2. The van der Waals surface area contributed by atoms with Crippen LogP contribution in [0.4, 0.5) is 4.79 Å². The largest absolute Gasteiger partial charge is 0.461 e. The number of benzene rings is 1. The predicted octanol–water partition coefficient (Wildman–Crippen LogP) is 2.98. The second kappa shape index (κ2) is 7.99. The molecule has 0 bridgehead atoms. The molecule has 0 spiro atoms. The highest BCUT2D eigenvalue weighted by atomic mass is 16.6. The lowest BCUT2D eigenvalue weighted by Crippen LogP contribution is -2.24. The highest BCUT2D eigenvalue weighted by Gasteiger charge is 2.18. The number of ether oxygens (including phenoxy) is 2. The van der Waals surface area contributed by atoms with Crippen molar-refractivity contribution in [2.45, 2.75) is 33.3 Å². The van der Waals surface area contributed by atoms with Crippen LogP contribution in [0.1, 0.15) is 33.3 Å². The van der Waals surface area contributed by atoms with Crippen LogP contribution in [0.25, 0.3) is 0 Å². The van der Waals surface area contributed by atoms with Gasteiger partial charge in [0, 0.05) is 5.56 Å². The number of hydrogen-bond donors (Lipinski definition) is 0. The van der Waals surface area contributed by atoms with Crippen molar-refractivity contribution < 1.29 is 19.1 Å². The molecule has 1 amide bonds. The van der Waals surface area contributed by atoms with E-state index in [1.165, 1.54) is 0 Å². The first-order valence-corrected chi connectivity index (χ1v) is 6.87. The first-order chi connectivity index (χ1) is 10.3. The van der Waals surface area contributed by atoms with E-state index < -0.39 is 17.7 Å². The summed E-state index contributed by atoms with van der Waals surface area (Å²) in [6.45, 7) is 6.95. The Morgan fingerprint density at radius 3 is 2.36 bits per heavy atom. The molecule has 0 aromatic heterocycles. The number of rotatable bonds is 2. The molecule has 0 aliphatic heterocycles. The van der Waals surface area contributed by atoms with E-state index in [1.54, 1.807) is 39.8 Å². The zero-order valence-corrected chi connectivity index (χ0v) is 13.2. The van der Waals surface area contributed by atoms with Crippen molar-refractivity contribution >= 4 is 17.8 Å². The Balaban J connectivity index is 3.01.